The first-order chi connectivity index (χ1) is 13.5. The van der Waals surface area contributed by atoms with Crippen molar-refractivity contribution >= 4 is 29.2 Å². The van der Waals surface area contributed by atoms with Crippen molar-refractivity contribution in [2.45, 2.75) is 12.8 Å². The molecule has 9 nitrogen and oxygen atoms in total. The highest BCUT2D eigenvalue weighted by molar-refractivity contribution is 6.04. The molecule has 1 aromatic rings. The first-order valence-corrected chi connectivity index (χ1v) is 8.91. The van der Waals surface area contributed by atoms with Gasteiger partial charge in [0.25, 0.3) is 5.91 Å². The summed E-state index contributed by atoms with van der Waals surface area (Å²) < 4.78 is 15.1. The third-order valence-electron chi connectivity index (χ3n) is 4.84. The van der Waals surface area contributed by atoms with Crippen LogP contribution in [0, 0.1) is 0 Å². The molecule has 0 bridgehead atoms. The fraction of sp³-hybridized carbons (Fsp3) is 0.421. The third kappa shape index (κ3) is 3.65. The van der Waals surface area contributed by atoms with Crippen LogP contribution in [0.5, 0.6) is 0 Å². The molecule has 0 saturated carbocycles. The molecule has 1 amide bonds. The zero-order valence-corrected chi connectivity index (χ0v) is 15.9. The van der Waals surface area contributed by atoms with Crippen LogP contribution in [0.4, 0.5) is 11.4 Å². The maximum atomic E-state index is 12.4. The summed E-state index contributed by atoms with van der Waals surface area (Å²) in [6.07, 6.45) is 2.05. The number of nitrogens with zero attached hydrogens (tertiary/aromatic N) is 2. The van der Waals surface area contributed by atoms with Gasteiger partial charge in [0.15, 0.2) is 0 Å². The van der Waals surface area contributed by atoms with Gasteiger partial charge in [-0.3, -0.25) is 4.79 Å². The lowest BCUT2D eigenvalue weighted by molar-refractivity contribution is -0.140. The number of amides is 1. The molecular formula is C19H23N3O6. The number of carbonyl (C=O) groups is 3. The number of primary amides is 1. The highest BCUT2D eigenvalue weighted by atomic mass is 16.5. The molecule has 1 aromatic carbocycles. The summed E-state index contributed by atoms with van der Waals surface area (Å²) >= 11 is 0. The second-order valence-corrected chi connectivity index (χ2v) is 6.48. The number of rotatable bonds is 5. The van der Waals surface area contributed by atoms with Crippen LogP contribution in [0.2, 0.25) is 0 Å². The molecule has 150 valence electrons. The monoisotopic (exact) mass is 389 g/mol. The Morgan fingerprint density at radius 2 is 1.75 bits per heavy atom. The molecule has 28 heavy (non-hydrogen) atoms. The minimum atomic E-state index is -0.676. The van der Waals surface area contributed by atoms with E-state index < -0.39 is 17.8 Å². The number of ether oxygens (including phenoxy) is 3. The fourth-order valence-corrected chi connectivity index (χ4v) is 3.46. The van der Waals surface area contributed by atoms with Crippen molar-refractivity contribution in [2.24, 2.45) is 5.73 Å². The standard InChI is InChI=1S/C19H23N3O6/c1-26-18(24)14-10-28-11-22(16(14)19(25)27-2)12-5-6-13(17(20)23)15(9-12)21-7-3-4-8-21/h5-6,9H,3-4,7-8,10-11H2,1-2H3,(H2,20,23). The molecule has 0 spiro atoms. The number of benzene rings is 1. The van der Waals surface area contributed by atoms with E-state index in [1.165, 1.54) is 19.1 Å². The third-order valence-corrected chi connectivity index (χ3v) is 4.84. The average molecular weight is 389 g/mol. The van der Waals surface area contributed by atoms with Gasteiger partial charge < -0.3 is 29.7 Å². The second kappa shape index (κ2) is 8.30. The lowest BCUT2D eigenvalue weighted by Crippen LogP contribution is -2.39. The predicted molar refractivity (Wildman–Crippen MR) is 101 cm³/mol. The highest BCUT2D eigenvalue weighted by Crippen LogP contribution is 2.33. The number of nitrogens with two attached hydrogens (primary N) is 1. The Hall–Kier alpha value is -3.07. The van der Waals surface area contributed by atoms with Crippen LogP contribution >= 0.6 is 0 Å². The lowest BCUT2D eigenvalue weighted by atomic mass is 10.1. The number of esters is 2. The largest absolute Gasteiger partial charge is 0.466 e. The van der Waals surface area contributed by atoms with Crippen molar-refractivity contribution in [3.05, 3.63) is 35.0 Å². The molecule has 0 atom stereocenters. The molecule has 2 N–H and O–H groups in total. The lowest BCUT2D eigenvalue weighted by Gasteiger charge is -2.32. The Morgan fingerprint density at radius 3 is 2.36 bits per heavy atom. The summed E-state index contributed by atoms with van der Waals surface area (Å²) in [5.74, 6) is -1.87. The van der Waals surface area contributed by atoms with Crippen LogP contribution in [-0.4, -0.2) is 58.5 Å². The first kappa shape index (κ1) is 19.7. The first-order valence-electron chi connectivity index (χ1n) is 8.91. The smallest absolute Gasteiger partial charge is 0.355 e. The Kier molecular flexibility index (Phi) is 5.84. The van der Waals surface area contributed by atoms with Gasteiger partial charge in [0, 0.05) is 18.8 Å². The van der Waals surface area contributed by atoms with E-state index in [2.05, 4.69) is 4.90 Å². The summed E-state index contributed by atoms with van der Waals surface area (Å²) in [5.41, 5.74) is 7.34. The van der Waals surface area contributed by atoms with Crippen molar-refractivity contribution in [2.75, 3.05) is 50.4 Å². The zero-order chi connectivity index (χ0) is 20.3. The van der Waals surface area contributed by atoms with Crippen LogP contribution in [0.3, 0.4) is 0 Å². The topological polar surface area (TPSA) is 111 Å². The van der Waals surface area contributed by atoms with Crippen molar-refractivity contribution in [3.63, 3.8) is 0 Å². The molecule has 2 aliphatic heterocycles. The van der Waals surface area contributed by atoms with Crippen LogP contribution in [0.25, 0.3) is 0 Å². The van der Waals surface area contributed by atoms with E-state index in [0.29, 0.717) is 16.9 Å². The van der Waals surface area contributed by atoms with Gasteiger partial charge in [-0.15, -0.1) is 0 Å². The fourth-order valence-electron chi connectivity index (χ4n) is 3.46. The molecule has 9 heteroatoms. The number of carbonyl (C=O) groups excluding carboxylic acids is 3. The summed E-state index contributed by atoms with van der Waals surface area (Å²) in [7, 11) is 2.47. The van der Waals surface area contributed by atoms with E-state index in [1.54, 1.807) is 18.2 Å². The summed E-state index contributed by atoms with van der Waals surface area (Å²) in [6.45, 7) is 1.60. The number of hydrogen-bond donors (Lipinski definition) is 1. The van der Waals surface area contributed by atoms with Gasteiger partial charge in [-0.2, -0.15) is 0 Å². The molecule has 1 saturated heterocycles. The maximum Gasteiger partial charge on any atom is 0.355 e. The molecule has 0 aliphatic carbocycles. The van der Waals surface area contributed by atoms with Gasteiger partial charge in [0.05, 0.1) is 37.7 Å². The van der Waals surface area contributed by atoms with Crippen LogP contribution in [-0.2, 0) is 23.8 Å². The second-order valence-electron chi connectivity index (χ2n) is 6.48. The maximum absolute atomic E-state index is 12.4. The summed E-state index contributed by atoms with van der Waals surface area (Å²) in [5, 5.41) is 0. The quantitative estimate of drug-likeness (QED) is 0.736. The van der Waals surface area contributed by atoms with E-state index in [1.807, 2.05) is 0 Å². The van der Waals surface area contributed by atoms with Gasteiger partial charge in [-0.25, -0.2) is 9.59 Å². The Morgan fingerprint density at radius 1 is 1.07 bits per heavy atom. The Labute approximate surface area is 162 Å². The number of anilines is 2. The molecule has 0 aromatic heterocycles. The van der Waals surface area contributed by atoms with E-state index in [9.17, 15) is 14.4 Å². The highest BCUT2D eigenvalue weighted by Gasteiger charge is 2.33. The summed E-state index contributed by atoms with van der Waals surface area (Å²) in [6, 6.07) is 5.05. The molecule has 3 rings (SSSR count). The normalized spacial score (nSPS) is 16.9. The van der Waals surface area contributed by atoms with Crippen molar-refractivity contribution in [1.29, 1.82) is 0 Å². The molecular weight excluding hydrogens is 366 g/mol. The van der Waals surface area contributed by atoms with Gasteiger partial charge in [0.2, 0.25) is 0 Å². The van der Waals surface area contributed by atoms with E-state index in [0.717, 1.165) is 25.9 Å². The predicted octanol–water partition coefficient (Wildman–Crippen LogP) is 0.780. The van der Waals surface area contributed by atoms with Crippen LogP contribution in [0.1, 0.15) is 23.2 Å². The van der Waals surface area contributed by atoms with Crippen molar-refractivity contribution in [1.82, 2.24) is 0 Å². The molecule has 1 fully saturated rings. The number of hydrogen-bond acceptors (Lipinski definition) is 8. The minimum absolute atomic E-state index is 0.0420. The van der Waals surface area contributed by atoms with Gasteiger partial charge in [-0.05, 0) is 31.0 Å². The Bertz CT molecular complexity index is 829. The van der Waals surface area contributed by atoms with Crippen molar-refractivity contribution in [3.8, 4) is 0 Å². The molecule has 0 unspecified atom stereocenters. The molecule has 2 heterocycles. The summed E-state index contributed by atoms with van der Waals surface area (Å²) in [4.78, 5) is 40.1. The zero-order valence-electron chi connectivity index (χ0n) is 15.9. The SMILES string of the molecule is COC(=O)C1=C(C(=O)OC)N(c2ccc(C(N)=O)c(N3CCCC3)c2)COC1. The average Bonchev–Trinajstić information content (AvgIpc) is 3.26. The van der Waals surface area contributed by atoms with E-state index >= 15 is 0 Å². The van der Waals surface area contributed by atoms with Gasteiger partial charge in [-0.1, -0.05) is 0 Å². The Balaban J connectivity index is 2.10. The van der Waals surface area contributed by atoms with E-state index in [-0.39, 0.29) is 24.6 Å². The number of methoxy groups -OCH3 is 2. The van der Waals surface area contributed by atoms with E-state index in [4.69, 9.17) is 19.9 Å². The minimum Gasteiger partial charge on any atom is -0.466 e. The molecule has 0 radical (unpaired) electrons. The van der Waals surface area contributed by atoms with Crippen molar-refractivity contribution < 1.29 is 28.6 Å². The van der Waals surface area contributed by atoms with Crippen LogP contribution in [0.15, 0.2) is 29.5 Å². The van der Waals surface area contributed by atoms with Gasteiger partial charge in [0.1, 0.15) is 12.4 Å². The molecule has 2 aliphatic rings. The van der Waals surface area contributed by atoms with Crippen LogP contribution < -0.4 is 15.5 Å². The van der Waals surface area contributed by atoms with Gasteiger partial charge >= 0.3 is 11.9 Å².